The molecule has 2 atom stereocenters. The minimum Gasteiger partial charge on any atom is -0.355 e. The highest BCUT2D eigenvalue weighted by molar-refractivity contribution is 5.81. The van der Waals surface area contributed by atoms with Crippen molar-refractivity contribution in [3.8, 4) is 0 Å². The molecule has 0 heterocycles. The monoisotopic (exact) mass is 248 g/mol. The van der Waals surface area contributed by atoms with Crippen molar-refractivity contribution in [2.45, 2.75) is 46.7 Å². The van der Waals surface area contributed by atoms with Gasteiger partial charge in [0, 0.05) is 12.6 Å². The number of aryl methyl sites for hydroxylation is 2. The molecule has 0 aromatic heterocycles. The van der Waals surface area contributed by atoms with E-state index in [2.05, 4.69) is 49.6 Å². The fraction of sp³-hybridized carbons (Fsp3) is 0.533. The molecular formula is C15H24N2O. The van der Waals surface area contributed by atoms with Gasteiger partial charge in [-0.3, -0.25) is 10.1 Å². The molecule has 3 heteroatoms. The van der Waals surface area contributed by atoms with Crippen molar-refractivity contribution < 1.29 is 4.79 Å². The van der Waals surface area contributed by atoms with Crippen LogP contribution in [0.1, 0.15) is 43.5 Å². The molecule has 3 nitrogen and oxygen atoms in total. The van der Waals surface area contributed by atoms with Crippen LogP contribution in [-0.4, -0.2) is 18.5 Å². The number of carbonyl (C=O) groups excluding carboxylic acids is 1. The zero-order valence-corrected chi connectivity index (χ0v) is 12.0. The van der Waals surface area contributed by atoms with Gasteiger partial charge in [0.2, 0.25) is 5.91 Å². The summed E-state index contributed by atoms with van der Waals surface area (Å²) in [5, 5.41) is 6.16. The third-order valence-electron chi connectivity index (χ3n) is 3.15. The van der Waals surface area contributed by atoms with E-state index in [0.717, 1.165) is 0 Å². The van der Waals surface area contributed by atoms with Crippen molar-refractivity contribution in [2.24, 2.45) is 0 Å². The molecule has 1 rings (SSSR count). The summed E-state index contributed by atoms with van der Waals surface area (Å²) in [4.78, 5) is 11.7. The van der Waals surface area contributed by atoms with Crippen LogP contribution in [0.5, 0.6) is 0 Å². The van der Waals surface area contributed by atoms with Crippen LogP contribution in [0.15, 0.2) is 18.2 Å². The van der Waals surface area contributed by atoms with Crippen molar-refractivity contribution in [1.82, 2.24) is 10.6 Å². The van der Waals surface area contributed by atoms with E-state index in [-0.39, 0.29) is 18.0 Å². The molecule has 0 bridgehead atoms. The summed E-state index contributed by atoms with van der Waals surface area (Å²) in [6.07, 6.45) is 0. The second-order valence-electron chi connectivity index (χ2n) is 4.86. The molecule has 1 aromatic rings. The number of rotatable bonds is 5. The molecule has 0 saturated carbocycles. The topological polar surface area (TPSA) is 41.1 Å². The number of hydrogen-bond acceptors (Lipinski definition) is 2. The van der Waals surface area contributed by atoms with Gasteiger partial charge in [-0.05, 0) is 45.7 Å². The summed E-state index contributed by atoms with van der Waals surface area (Å²) in [6.45, 7) is 10.8. The second kappa shape index (κ2) is 6.55. The Labute approximate surface area is 110 Å². The molecule has 1 amide bonds. The third-order valence-corrected chi connectivity index (χ3v) is 3.15. The van der Waals surface area contributed by atoms with Crippen molar-refractivity contribution in [1.29, 1.82) is 0 Å². The molecule has 0 spiro atoms. The molecule has 0 saturated heterocycles. The Balaban J connectivity index is 2.73. The molecule has 0 fully saturated rings. The van der Waals surface area contributed by atoms with E-state index in [9.17, 15) is 4.79 Å². The van der Waals surface area contributed by atoms with Gasteiger partial charge in [-0.2, -0.15) is 0 Å². The number of amides is 1. The maximum atomic E-state index is 11.7. The predicted octanol–water partition coefficient (Wildman–Crippen LogP) is 2.48. The van der Waals surface area contributed by atoms with Crippen LogP contribution in [-0.2, 0) is 4.79 Å². The lowest BCUT2D eigenvalue weighted by atomic mass is 9.99. The fourth-order valence-electron chi connectivity index (χ4n) is 2.09. The van der Waals surface area contributed by atoms with Crippen LogP contribution in [0.25, 0.3) is 0 Å². The van der Waals surface area contributed by atoms with Gasteiger partial charge < -0.3 is 5.32 Å². The van der Waals surface area contributed by atoms with E-state index in [1.54, 1.807) is 0 Å². The lowest BCUT2D eigenvalue weighted by Gasteiger charge is -2.21. The molecule has 0 aliphatic carbocycles. The lowest BCUT2D eigenvalue weighted by Crippen LogP contribution is -2.43. The Bertz CT molecular complexity index is 415. The molecule has 1 aromatic carbocycles. The standard InChI is InChI=1S/C15H24N2O/c1-6-16-15(18)13(5)17-12(4)14-9-10(2)7-8-11(14)3/h7-9,12-13,17H,6H2,1-5H3,(H,16,18). The minimum atomic E-state index is -0.181. The Hall–Kier alpha value is -1.35. The van der Waals surface area contributed by atoms with Crippen LogP contribution in [0.4, 0.5) is 0 Å². The van der Waals surface area contributed by atoms with Crippen molar-refractivity contribution in [3.05, 3.63) is 34.9 Å². The Morgan fingerprint density at radius 2 is 1.94 bits per heavy atom. The molecule has 18 heavy (non-hydrogen) atoms. The summed E-state index contributed by atoms with van der Waals surface area (Å²) < 4.78 is 0. The SMILES string of the molecule is CCNC(=O)C(C)NC(C)c1cc(C)ccc1C. The van der Waals surface area contributed by atoms with Crippen molar-refractivity contribution in [3.63, 3.8) is 0 Å². The van der Waals surface area contributed by atoms with Crippen LogP contribution >= 0.6 is 0 Å². The van der Waals surface area contributed by atoms with Crippen molar-refractivity contribution >= 4 is 5.91 Å². The van der Waals surface area contributed by atoms with Gasteiger partial charge in [0.25, 0.3) is 0 Å². The first-order valence-corrected chi connectivity index (χ1v) is 6.56. The largest absolute Gasteiger partial charge is 0.355 e. The van der Waals surface area contributed by atoms with Crippen LogP contribution < -0.4 is 10.6 Å². The first-order chi connectivity index (χ1) is 8.45. The van der Waals surface area contributed by atoms with E-state index in [1.807, 2.05) is 13.8 Å². The van der Waals surface area contributed by atoms with Crippen LogP contribution in [0.3, 0.4) is 0 Å². The van der Waals surface area contributed by atoms with Gasteiger partial charge in [-0.25, -0.2) is 0 Å². The zero-order valence-electron chi connectivity index (χ0n) is 12.0. The summed E-state index contributed by atoms with van der Waals surface area (Å²) >= 11 is 0. The van der Waals surface area contributed by atoms with Gasteiger partial charge in [-0.1, -0.05) is 23.8 Å². The van der Waals surface area contributed by atoms with Gasteiger partial charge in [-0.15, -0.1) is 0 Å². The maximum absolute atomic E-state index is 11.7. The van der Waals surface area contributed by atoms with Gasteiger partial charge in [0.1, 0.15) is 0 Å². The third kappa shape index (κ3) is 3.84. The number of carbonyl (C=O) groups is 1. The van der Waals surface area contributed by atoms with E-state index in [4.69, 9.17) is 0 Å². The van der Waals surface area contributed by atoms with E-state index >= 15 is 0 Å². The van der Waals surface area contributed by atoms with E-state index in [1.165, 1.54) is 16.7 Å². The predicted molar refractivity (Wildman–Crippen MR) is 75.6 cm³/mol. The maximum Gasteiger partial charge on any atom is 0.236 e. The van der Waals surface area contributed by atoms with E-state index < -0.39 is 0 Å². The highest BCUT2D eigenvalue weighted by Gasteiger charge is 2.16. The quantitative estimate of drug-likeness (QED) is 0.840. The summed E-state index contributed by atoms with van der Waals surface area (Å²) in [5.41, 5.74) is 3.75. The number of benzene rings is 1. The fourth-order valence-corrected chi connectivity index (χ4v) is 2.09. The lowest BCUT2D eigenvalue weighted by molar-refractivity contribution is -0.122. The van der Waals surface area contributed by atoms with E-state index in [0.29, 0.717) is 6.54 Å². The molecule has 0 aliphatic heterocycles. The summed E-state index contributed by atoms with van der Waals surface area (Å²) in [5.74, 6) is 0.0506. The Kier molecular flexibility index (Phi) is 5.35. The van der Waals surface area contributed by atoms with Gasteiger partial charge in [0.05, 0.1) is 6.04 Å². The van der Waals surface area contributed by atoms with Crippen LogP contribution in [0.2, 0.25) is 0 Å². The number of nitrogens with one attached hydrogen (secondary N) is 2. The molecule has 100 valence electrons. The summed E-state index contributed by atoms with van der Waals surface area (Å²) in [6, 6.07) is 6.40. The molecule has 0 radical (unpaired) electrons. The van der Waals surface area contributed by atoms with Crippen LogP contribution in [0, 0.1) is 13.8 Å². The first kappa shape index (κ1) is 14.7. The second-order valence-corrected chi connectivity index (χ2v) is 4.86. The molecule has 2 N–H and O–H groups in total. The average molecular weight is 248 g/mol. The van der Waals surface area contributed by atoms with Gasteiger partial charge >= 0.3 is 0 Å². The van der Waals surface area contributed by atoms with Gasteiger partial charge in [0.15, 0.2) is 0 Å². The first-order valence-electron chi connectivity index (χ1n) is 6.56. The highest BCUT2D eigenvalue weighted by atomic mass is 16.2. The Morgan fingerprint density at radius 3 is 2.56 bits per heavy atom. The average Bonchev–Trinajstić information content (AvgIpc) is 2.32. The Morgan fingerprint density at radius 1 is 1.28 bits per heavy atom. The summed E-state index contributed by atoms with van der Waals surface area (Å²) in [7, 11) is 0. The number of likely N-dealkylation sites (N-methyl/N-ethyl adjacent to an activating group) is 1. The highest BCUT2D eigenvalue weighted by Crippen LogP contribution is 2.19. The number of hydrogen-bond donors (Lipinski definition) is 2. The van der Waals surface area contributed by atoms with Crippen molar-refractivity contribution in [2.75, 3.05) is 6.54 Å². The molecule has 0 aliphatic rings. The smallest absolute Gasteiger partial charge is 0.236 e. The zero-order chi connectivity index (χ0) is 13.7. The molecular weight excluding hydrogens is 224 g/mol. The minimum absolute atomic E-state index is 0.0506. The molecule has 2 unspecified atom stereocenters. The normalized spacial score (nSPS) is 14.1.